The first-order chi connectivity index (χ1) is 11.6. The lowest BCUT2D eigenvalue weighted by atomic mass is 10.1. The molecule has 2 aromatic carbocycles. The Hall–Kier alpha value is -2.27. The van der Waals surface area contributed by atoms with Crippen LogP contribution in [0.2, 0.25) is 0 Å². The Bertz CT molecular complexity index is 834. The van der Waals surface area contributed by atoms with Crippen LogP contribution in [0.1, 0.15) is 18.1 Å². The summed E-state index contributed by atoms with van der Waals surface area (Å²) in [5.74, 6) is 0.563. The molecule has 0 aliphatic carbocycles. The molecule has 0 saturated heterocycles. The smallest absolute Gasteiger partial charge is 0.234 e. The van der Waals surface area contributed by atoms with E-state index in [0.717, 1.165) is 28.3 Å². The van der Waals surface area contributed by atoms with E-state index in [1.54, 1.807) is 0 Å². The molecule has 1 unspecified atom stereocenters. The predicted octanol–water partition coefficient (Wildman–Crippen LogP) is 3.25. The van der Waals surface area contributed by atoms with Crippen LogP contribution in [0.25, 0.3) is 0 Å². The lowest BCUT2D eigenvalue weighted by Gasteiger charge is -2.23. The summed E-state index contributed by atoms with van der Waals surface area (Å²) in [6.45, 7) is 2.08. The first-order valence-corrected chi connectivity index (χ1v) is 9.06. The van der Waals surface area contributed by atoms with Gasteiger partial charge in [0.15, 0.2) is 0 Å². The van der Waals surface area contributed by atoms with Crippen molar-refractivity contribution < 1.29 is 9.59 Å². The molecular weight excluding hydrogens is 320 g/mol. The number of para-hydroxylation sites is 1. The van der Waals surface area contributed by atoms with Gasteiger partial charge in [-0.3, -0.25) is 9.59 Å². The number of nitrogens with zero attached hydrogens (tertiary/aromatic N) is 1. The molecule has 1 atom stereocenters. The molecule has 0 bridgehead atoms. The van der Waals surface area contributed by atoms with E-state index in [0.29, 0.717) is 12.2 Å². The highest BCUT2D eigenvalue weighted by atomic mass is 32.2. The number of fused-ring (bicyclic) bond motifs is 2. The normalized spacial score (nSPS) is 18.8. The van der Waals surface area contributed by atoms with Crippen LogP contribution in [0.4, 0.5) is 11.4 Å². The van der Waals surface area contributed by atoms with Gasteiger partial charge in [-0.1, -0.05) is 24.3 Å². The minimum Gasteiger partial charge on any atom is -0.324 e. The molecule has 1 N–H and O–H groups in total. The molecular formula is C19H18N2O2S. The summed E-state index contributed by atoms with van der Waals surface area (Å²) in [4.78, 5) is 27.4. The third-order valence-corrected chi connectivity index (χ3v) is 5.58. The van der Waals surface area contributed by atoms with Gasteiger partial charge in [0.25, 0.3) is 0 Å². The number of nitrogens with one attached hydrogen (secondary N) is 1. The van der Waals surface area contributed by atoms with Crippen LogP contribution in [-0.2, 0) is 22.4 Å². The highest BCUT2D eigenvalue weighted by Gasteiger charge is 2.30. The Morgan fingerprint density at radius 1 is 1.29 bits per heavy atom. The van der Waals surface area contributed by atoms with E-state index in [2.05, 4.69) is 18.3 Å². The van der Waals surface area contributed by atoms with E-state index in [1.807, 2.05) is 41.3 Å². The molecule has 2 aliphatic rings. The molecule has 0 spiro atoms. The van der Waals surface area contributed by atoms with Crippen LogP contribution >= 0.6 is 11.8 Å². The van der Waals surface area contributed by atoms with Gasteiger partial charge >= 0.3 is 0 Å². The monoisotopic (exact) mass is 338 g/mol. The van der Waals surface area contributed by atoms with E-state index in [9.17, 15) is 9.59 Å². The number of carbonyl (C=O) groups excluding carboxylic acids is 2. The Morgan fingerprint density at radius 2 is 2.12 bits per heavy atom. The Kier molecular flexibility index (Phi) is 3.81. The molecule has 0 saturated carbocycles. The number of hydrogen-bond donors (Lipinski definition) is 1. The largest absolute Gasteiger partial charge is 0.324 e. The SMILES string of the molecule is CC1Cc2ccccc2N1C(=O)Cc1ccc2c(c1)NC(=O)CS2. The van der Waals surface area contributed by atoms with Crippen molar-refractivity contribution >= 4 is 35.0 Å². The molecule has 5 heteroatoms. The van der Waals surface area contributed by atoms with Gasteiger partial charge in [-0.05, 0) is 42.7 Å². The highest BCUT2D eigenvalue weighted by Crippen LogP contribution is 2.34. The minimum absolute atomic E-state index is 0.0121. The summed E-state index contributed by atoms with van der Waals surface area (Å²) in [7, 11) is 0. The zero-order chi connectivity index (χ0) is 16.7. The van der Waals surface area contributed by atoms with E-state index in [-0.39, 0.29) is 17.9 Å². The number of hydrogen-bond acceptors (Lipinski definition) is 3. The minimum atomic E-state index is 0.0121. The molecule has 122 valence electrons. The van der Waals surface area contributed by atoms with Gasteiger partial charge < -0.3 is 10.2 Å². The molecule has 2 amide bonds. The van der Waals surface area contributed by atoms with Crippen molar-refractivity contribution in [1.82, 2.24) is 0 Å². The van der Waals surface area contributed by atoms with E-state index in [4.69, 9.17) is 0 Å². The summed E-state index contributed by atoms with van der Waals surface area (Å²) < 4.78 is 0. The molecule has 0 fully saturated rings. The maximum atomic E-state index is 12.9. The van der Waals surface area contributed by atoms with Crippen LogP contribution in [0.5, 0.6) is 0 Å². The average molecular weight is 338 g/mol. The molecule has 4 rings (SSSR count). The van der Waals surface area contributed by atoms with Crippen molar-refractivity contribution in [1.29, 1.82) is 0 Å². The number of benzene rings is 2. The van der Waals surface area contributed by atoms with Gasteiger partial charge in [0.1, 0.15) is 0 Å². The molecule has 4 nitrogen and oxygen atoms in total. The second-order valence-corrected chi connectivity index (χ2v) is 7.31. The van der Waals surface area contributed by atoms with Crippen LogP contribution in [-0.4, -0.2) is 23.6 Å². The van der Waals surface area contributed by atoms with Crippen molar-refractivity contribution in [3.63, 3.8) is 0 Å². The van der Waals surface area contributed by atoms with Crippen molar-refractivity contribution in [3.8, 4) is 0 Å². The molecule has 0 radical (unpaired) electrons. The fourth-order valence-corrected chi connectivity index (χ4v) is 4.23. The second-order valence-electron chi connectivity index (χ2n) is 6.29. The third kappa shape index (κ3) is 2.69. The summed E-state index contributed by atoms with van der Waals surface area (Å²) in [6, 6.07) is 14.2. The summed E-state index contributed by atoms with van der Waals surface area (Å²) in [5, 5.41) is 2.88. The van der Waals surface area contributed by atoms with Crippen LogP contribution in [0.15, 0.2) is 47.4 Å². The average Bonchev–Trinajstić information content (AvgIpc) is 2.90. The summed E-state index contributed by atoms with van der Waals surface area (Å²) in [5.41, 5.74) is 4.00. The summed E-state index contributed by atoms with van der Waals surface area (Å²) >= 11 is 1.53. The molecule has 2 aromatic rings. The zero-order valence-electron chi connectivity index (χ0n) is 13.4. The lowest BCUT2D eigenvalue weighted by molar-refractivity contribution is -0.118. The standard InChI is InChI=1S/C19H18N2O2S/c1-12-8-14-4-2-3-5-16(14)21(12)19(23)10-13-6-7-17-15(9-13)20-18(22)11-24-17/h2-7,9,12H,8,10-11H2,1H3,(H,20,22). The first-order valence-electron chi connectivity index (χ1n) is 8.07. The Morgan fingerprint density at radius 3 is 3.00 bits per heavy atom. The van der Waals surface area contributed by atoms with Gasteiger partial charge in [0.2, 0.25) is 11.8 Å². The van der Waals surface area contributed by atoms with E-state index < -0.39 is 0 Å². The summed E-state index contributed by atoms with van der Waals surface area (Å²) in [6.07, 6.45) is 1.24. The van der Waals surface area contributed by atoms with E-state index >= 15 is 0 Å². The van der Waals surface area contributed by atoms with Crippen LogP contribution in [0, 0.1) is 0 Å². The first kappa shape index (κ1) is 15.3. The molecule has 2 aliphatic heterocycles. The number of carbonyl (C=O) groups is 2. The number of thioether (sulfide) groups is 1. The molecule has 24 heavy (non-hydrogen) atoms. The predicted molar refractivity (Wildman–Crippen MR) is 96.6 cm³/mol. The quantitative estimate of drug-likeness (QED) is 0.914. The van der Waals surface area contributed by atoms with Crippen molar-refractivity contribution in [2.45, 2.75) is 30.7 Å². The topological polar surface area (TPSA) is 49.4 Å². The lowest BCUT2D eigenvalue weighted by Crippen LogP contribution is -2.36. The zero-order valence-corrected chi connectivity index (χ0v) is 14.2. The Labute approximate surface area is 145 Å². The highest BCUT2D eigenvalue weighted by molar-refractivity contribution is 8.00. The molecule has 2 heterocycles. The van der Waals surface area contributed by atoms with Gasteiger partial charge in [0.05, 0.1) is 17.9 Å². The fraction of sp³-hybridized carbons (Fsp3) is 0.263. The van der Waals surface area contributed by atoms with Crippen molar-refractivity contribution in [3.05, 3.63) is 53.6 Å². The van der Waals surface area contributed by atoms with Crippen molar-refractivity contribution in [2.24, 2.45) is 0 Å². The second kappa shape index (κ2) is 5.98. The number of anilines is 2. The van der Waals surface area contributed by atoms with Crippen LogP contribution in [0.3, 0.4) is 0 Å². The third-order valence-electron chi connectivity index (χ3n) is 4.51. The van der Waals surface area contributed by atoms with Gasteiger partial charge in [-0.25, -0.2) is 0 Å². The van der Waals surface area contributed by atoms with Gasteiger partial charge in [-0.15, -0.1) is 11.8 Å². The van der Waals surface area contributed by atoms with E-state index in [1.165, 1.54) is 17.3 Å². The maximum Gasteiger partial charge on any atom is 0.234 e. The number of rotatable bonds is 2. The Balaban J connectivity index is 1.57. The van der Waals surface area contributed by atoms with Crippen molar-refractivity contribution in [2.75, 3.05) is 16.0 Å². The van der Waals surface area contributed by atoms with Gasteiger partial charge in [0, 0.05) is 16.6 Å². The maximum absolute atomic E-state index is 12.9. The fourth-order valence-electron chi connectivity index (χ4n) is 3.45. The van der Waals surface area contributed by atoms with Gasteiger partial charge in [-0.2, -0.15) is 0 Å². The molecule has 0 aromatic heterocycles. The number of amides is 2. The van der Waals surface area contributed by atoms with Crippen LogP contribution < -0.4 is 10.2 Å².